The van der Waals surface area contributed by atoms with E-state index in [1.165, 1.54) is 0 Å². The third kappa shape index (κ3) is 2.50. The number of halogens is 1. The molecule has 1 aromatic carbocycles. The van der Waals surface area contributed by atoms with Crippen molar-refractivity contribution in [3.05, 3.63) is 40.6 Å². The summed E-state index contributed by atoms with van der Waals surface area (Å²) in [6.07, 6.45) is 1.89. The van der Waals surface area contributed by atoms with Crippen molar-refractivity contribution in [2.24, 2.45) is 0 Å². The van der Waals surface area contributed by atoms with Crippen LogP contribution in [0, 0.1) is 0 Å². The van der Waals surface area contributed by atoms with Crippen LogP contribution in [0.1, 0.15) is 17.3 Å². The standard InChI is InChI=1S/C13H14ClNOS/c1-8-11(7-15(2)3)13(16)10-6-9(14)4-5-12(10)17-8/h4-8H,1-3H3/b11-7+. The Morgan fingerprint density at radius 1 is 1.41 bits per heavy atom. The Morgan fingerprint density at radius 2 is 2.12 bits per heavy atom. The number of hydrogen-bond acceptors (Lipinski definition) is 3. The Hall–Kier alpha value is -0.930. The van der Waals surface area contributed by atoms with E-state index in [1.54, 1.807) is 17.8 Å². The zero-order valence-electron chi connectivity index (χ0n) is 10.0. The minimum atomic E-state index is 0.0856. The topological polar surface area (TPSA) is 20.3 Å². The van der Waals surface area contributed by atoms with Gasteiger partial charge in [0.05, 0.1) is 0 Å². The van der Waals surface area contributed by atoms with Crippen molar-refractivity contribution >= 4 is 29.1 Å². The van der Waals surface area contributed by atoms with Crippen LogP contribution < -0.4 is 0 Å². The van der Waals surface area contributed by atoms with E-state index in [4.69, 9.17) is 11.6 Å². The molecule has 0 spiro atoms. The number of carbonyl (C=O) groups excluding carboxylic acids is 1. The molecule has 0 N–H and O–H groups in total. The van der Waals surface area contributed by atoms with Gasteiger partial charge in [0, 0.05) is 46.6 Å². The number of rotatable bonds is 1. The van der Waals surface area contributed by atoms with Gasteiger partial charge in [0.15, 0.2) is 5.78 Å². The summed E-state index contributed by atoms with van der Waals surface area (Å²) >= 11 is 7.64. The minimum Gasteiger partial charge on any atom is -0.383 e. The molecule has 2 rings (SSSR count). The first-order chi connectivity index (χ1) is 7.99. The average Bonchev–Trinajstić information content (AvgIpc) is 2.25. The molecule has 1 aliphatic rings. The summed E-state index contributed by atoms with van der Waals surface area (Å²) in [5.74, 6) is 0.0856. The Morgan fingerprint density at radius 3 is 2.76 bits per heavy atom. The number of Topliss-reactive ketones (excluding diaryl/α,β-unsaturated/α-hetero) is 1. The molecule has 4 heteroatoms. The monoisotopic (exact) mass is 267 g/mol. The predicted octanol–water partition coefficient (Wildman–Crippen LogP) is 3.46. The number of hydrogen-bond donors (Lipinski definition) is 0. The van der Waals surface area contributed by atoms with Crippen molar-refractivity contribution in [1.29, 1.82) is 0 Å². The Bertz CT molecular complexity index is 496. The van der Waals surface area contributed by atoms with Gasteiger partial charge in [-0.2, -0.15) is 0 Å². The van der Waals surface area contributed by atoms with Crippen LogP contribution in [-0.2, 0) is 0 Å². The molecule has 0 saturated carbocycles. The average molecular weight is 268 g/mol. The SMILES string of the molecule is CC1Sc2ccc(Cl)cc2C(=O)/C1=C/N(C)C. The van der Waals surface area contributed by atoms with Crippen molar-refractivity contribution in [2.45, 2.75) is 17.1 Å². The second-order valence-electron chi connectivity index (χ2n) is 4.28. The molecule has 0 saturated heterocycles. The molecule has 17 heavy (non-hydrogen) atoms. The first-order valence-electron chi connectivity index (χ1n) is 5.38. The van der Waals surface area contributed by atoms with Crippen LogP contribution in [0.15, 0.2) is 34.9 Å². The van der Waals surface area contributed by atoms with E-state index in [0.717, 1.165) is 10.5 Å². The molecule has 0 bridgehead atoms. The third-order valence-electron chi connectivity index (χ3n) is 2.59. The van der Waals surface area contributed by atoms with Gasteiger partial charge in [0.2, 0.25) is 0 Å². The number of thioether (sulfide) groups is 1. The molecule has 0 amide bonds. The highest BCUT2D eigenvalue weighted by atomic mass is 35.5. The molecule has 1 heterocycles. The van der Waals surface area contributed by atoms with Crippen LogP contribution >= 0.6 is 23.4 Å². The summed E-state index contributed by atoms with van der Waals surface area (Å²) in [7, 11) is 3.84. The summed E-state index contributed by atoms with van der Waals surface area (Å²) in [5, 5.41) is 0.787. The molecule has 1 aliphatic heterocycles. The van der Waals surface area contributed by atoms with Crippen molar-refractivity contribution in [2.75, 3.05) is 14.1 Å². The Balaban J connectivity index is 2.49. The van der Waals surface area contributed by atoms with Crippen molar-refractivity contribution in [3.8, 4) is 0 Å². The number of ketones is 1. The fourth-order valence-corrected chi connectivity index (χ4v) is 3.09. The van der Waals surface area contributed by atoms with Gasteiger partial charge in [-0.1, -0.05) is 11.6 Å². The molecule has 1 atom stereocenters. The lowest BCUT2D eigenvalue weighted by atomic mass is 10.0. The molecule has 2 nitrogen and oxygen atoms in total. The summed E-state index contributed by atoms with van der Waals surface area (Å²) < 4.78 is 0. The van der Waals surface area contributed by atoms with Crippen molar-refractivity contribution in [1.82, 2.24) is 4.90 Å². The van der Waals surface area contributed by atoms with Crippen molar-refractivity contribution < 1.29 is 4.79 Å². The van der Waals surface area contributed by atoms with Gasteiger partial charge in [-0.05, 0) is 25.1 Å². The zero-order valence-corrected chi connectivity index (χ0v) is 11.6. The summed E-state index contributed by atoms with van der Waals surface area (Å²) in [5.41, 5.74) is 1.54. The molecule has 1 unspecified atom stereocenters. The smallest absolute Gasteiger partial charge is 0.192 e. The molecule has 0 radical (unpaired) electrons. The van der Waals surface area contributed by atoms with E-state index < -0.39 is 0 Å². The van der Waals surface area contributed by atoms with Gasteiger partial charge in [-0.15, -0.1) is 11.8 Å². The maximum Gasteiger partial charge on any atom is 0.192 e. The van der Waals surface area contributed by atoms with Gasteiger partial charge in [-0.25, -0.2) is 0 Å². The van der Waals surface area contributed by atoms with Crippen LogP contribution in [0.25, 0.3) is 0 Å². The van der Waals surface area contributed by atoms with Gasteiger partial charge in [0.25, 0.3) is 0 Å². The number of carbonyl (C=O) groups is 1. The van der Waals surface area contributed by atoms with E-state index in [1.807, 2.05) is 37.3 Å². The molecule has 1 aromatic rings. The molecular formula is C13H14ClNOS. The highest BCUT2D eigenvalue weighted by molar-refractivity contribution is 8.00. The molecule has 0 aliphatic carbocycles. The van der Waals surface area contributed by atoms with E-state index in [-0.39, 0.29) is 11.0 Å². The first-order valence-corrected chi connectivity index (χ1v) is 6.64. The highest BCUT2D eigenvalue weighted by Crippen LogP contribution is 2.39. The minimum absolute atomic E-state index is 0.0856. The lowest BCUT2D eigenvalue weighted by Gasteiger charge is -2.24. The van der Waals surface area contributed by atoms with Crippen LogP contribution in [0.4, 0.5) is 0 Å². The lowest BCUT2D eigenvalue weighted by Crippen LogP contribution is -2.21. The van der Waals surface area contributed by atoms with E-state index >= 15 is 0 Å². The maximum absolute atomic E-state index is 12.3. The number of nitrogens with zero attached hydrogens (tertiary/aromatic N) is 1. The largest absolute Gasteiger partial charge is 0.383 e. The molecule has 0 aromatic heterocycles. The van der Waals surface area contributed by atoms with Crippen molar-refractivity contribution in [3.63, 3.8) is 0 Å². The van der Waals surface area contributed by atoms with Crippen LogP contribution in [-0.4, -0.2) is 30.0 Å². The molecule has 90 valence electrons. The first kappa shape index (κ1) is 12.5. The Kier molecular flexibility index (Phi) is 3.50. The van der Waals surface area contributed by atoms with Gasteiger partial charge < -0.3 is 4.90 Å². The second-order valence-corrected chi connectivity index (χ2v) is 6.10. The van der Waals surface area contributed by atoms with E-state index in [0.29, 0.717) is 10.6 Å². The van der Waals surface area contributed by atoms with Gasteiger partial charge in [-0.3, -0.25) is 4.79 Å². The summed E-state index contributed by atoms with van der Waals surface area (Å²) in [6.45, 7) is 2.05. The number of benzene rings is 1. The molecular weight excluding hydrogens is 254 g/mol. The summed E-state index contributed by atoms with van der Waals surface area (Å²) in [6, 6.07) is 5.50. The van der Waals surface area contributed by atoms with Gasteiger partial charge in [0.1, 0.15) is 0 Å². The fourth-order valence-electron chi connectivity index (χ4n) is 1.82. The van der Waals surface area contributed by atoms with Crippen LogP contribution in [0.2, 0.25) is 5.02 Å². The van der Waals surface area contributed by atoms with E-state index in [9.17, 15) is 4.79 Å². The quantitative estimate of drug-likeness (QED) is 0.727. The van der Waals surface area contributed by atoms with E-state index in [2.05, 4.69) is 6.92 Å². The predicted molar refractivity (Wildman–Crippen MR) is 72.9 cm³/mol. The van der Waals surface area contributed by atoms with Gasteiger partial charge >= 0.3 is 0 Å². The Labute approximate surface area is 111 Å². The highest BCUT2D eigenvalue weighted by Gasteiger charge is 2.28. The summed E-state index contributed by atoms with van der Waals surface area (Å²) in [4.78, 5) is 15.3. The second kappa shape index (κ2) is 4.75. The molecule has 0 fully saturated rings. The van der Waals surface area contributed by atoms with Crippen LogP contribution in [0.3, 0.4) is 0 Å². The third-order valence-corrected chi connectivity index (χ3v) is 4.04. The fraction of sp³-hybridized carbons (Fsp3) is 0.308. The zero-order chi connectivity index (χ0) is 12.6. The van der Waals surface area contributed by atoms with Crippen LogP contribution in [0.5, 0.6) is 0 Å². The normalized spacial score (nSPS) is 21.5. The lowest BCUT2D eigenvalue weighted by molar-refractivity contribution is 0.102. The number of fused-ring (bicyclic) bond motifs is 1. The maximum atomic E-state index is 12.3.